The Bertz CT molecular complexity index is 1150. The van der Waals surface area contributed by atoms with Gasteiger partial charge in [0.25, 0.3) is 5.91 Å². The van der Waals surface area contributed by atoms with Gasteiger partial charge >= 0.3 is 0 Å². The second-order valence-corrected chi connectivity index (χ2v) is 10.9. The number of benzene rings is 2. The van der Waals surface area contributed by atoms with Gasteiger partial charge in [0.1, 0.15) is 12.4 Å². The van der Waals surface area contributed by atoms with Crippen LogP contribution in [0, 0.1) is 5.41 Å². The molecule has 10 heteroatoms. The predicted molar refractivity (Wildman–Crippen MR) is 154 cm³/mol. The molecule has 2 aliphatic heterocycles. The van der Waals surface area contributed by atoms with Crippen LogP contribution in [0.2, 0.25) is 5.02 Å². The first-order valence-electron chi connectivity index (χ1n) is 13.4. The first-order valence-corrected chi connectivity index (χ1v) is 13.7. The molecular weight excluding hydrogens is 539 g/mol. The maximum atomic E-state index is 13.6. The van der Waals surface area contributed by atoms with Crippen LogP contribution in [-0.2, 0) is 16.0 Å². The van der Waals surface area contributed by atoms with Crippen molar-refractivity contribution in [2.75, 3.05) is 26.2 Å². The first-order chi connectivity index (χ1) is 18.3. The summed E-state index contributed by atoms with van der Waals surface area (Å²) in [4.78, 5) is 41.1. The van der Waals surface area contributed by atoms with Gasteiger partial charge in [-0.3, -0.25) is 14.4 Å². The quantitative estimate of drug-likeness (QED) is 0.515. The summed E-state index contributed by atoms with van der Waals surface area (Å²) in [7, 11) is 0. The summed E-state index contributed by atoms with van der Waals surface area (Å²) in [6.45, 7) is 3.61. The number of nitrogens with two attached hydrogens (primary N) is 1. The van der Waals surface area contributed by atoms with Crippen molar-refractivity contribution < 1.29 is 19.1 Å². The molecule has 1 saturated heterocycles. The number of hydrogen-bond acceptors (Lipinski definition) is 5. The second kappa shape index (κ2) is 14.0. The number of halogens is 2. The SMILES string of the molecule is C[C@@H]1COc2ccccc2C(=O)NCCCCC2(CCN(C(=O)[C@@H](N)Cc3cccc(Cl)c3)CC2)C(=O)N1.Cl. The Labute approximate surface area is 241 Å². The number of nitrogens with one attached hydrogen (secondary N) is 2. The van der Waals surface area contributed by atoms with Crippen molar-refractivity contribution in [2.45, 2.75) is 57.5 Å². The summed E-state index contributed by atoms with van der Waals surface area (Å²) in [6, 6.07) is 13.6. The molecule has 0 radical (unpaired) electrons. The number of hydrogen-bond donors (Lipinski definition) is 3. The smallest absolute Gasteiger partial charge is 0.255 e. The van der Waals surface area contributed by atoms with Gasteiger partial charge in [0.05, 0.1) is 23.1 Å². The van der Waals surface area contributed by atoms with E-state index in [9.17, 15) is 14.4 Å². The van der Waals surface area contributed by atoms with E-state index in [1.54, 1.807) is 29.2 Å². The molecule has 1 fully saturated rings. The van der Waals surface area contributed by atoms with Crippen molar-refractivity contribution in [3.63, 3.8) is 0 Å². The molecule has 4 N–H and O–H groups in total. The maximum Gasteiger partial charge on any atom is 0.255 e. The van der Waals surface area contributed by atoms with Crippen molar-refractivity contribution in [3.05, 3.63) is 64.7 Å². The summed E-state index contributed by atoms with van der Waals surface area (Å²) in [5.41, 5.74) is 7.11. The Morgan fingerprint density at radius 3 is 2.62 bits per heavy atom. The van der Waals surface area contributed by atoms with Gasteiger partial charge in [-0.1, -0.05) is 42.3 Å². The van der Waals surface area contributed by atoms with E-state index in [0.717, 1.165) is 18.4 Å². The molecule has 0 aromatic heterocycles. The van der Waals surface area contributed by atoms with E-state index in [-0.39, 0.29) is 42.8 Å². The van der Waals surface area contributed by atoms with E-state index in [4.69, 9.17) is 22.1 Å². The first kappa shape index (κ1) is 30.7. The van der Waals surface area contributed by atoms with Crippen LogP contribution >= 0.6 is 24.0 Å². The molecule has 2 atom stereocenters. The van der Waals surface area contributed by atoms with Gasteiger partial charge in [-0.15, -0.1) is 12.4 Å². The van der Waals surface area contributed by atoms with E-state index in [1.807, 2.05) is 31.2 Å². The highest BCUT2D eigenvalue weighted by atomic mass is 35.5. The monoisotopic (exact) mass is 576 g/mol. The molecule has 2 heterocycles. The molecule has 2 aromatic carbocycles. The number of likely N-dealkylation sites (tertiary alicyclic amines) is 1. The van der Waals surface area contributed by atoms with Crippen molar-refractivity contribution >= 4 is 41.7 Å². The third-order valence-electron chi connectivity index (χ3n) is 7.54. The molecule has 2 aromatic rings. The molecule has 0 saturated carbocycles. The molecule has 2 aliphatic rings. The lowest BCUT2D eigenvalue weighted by Crippen LogP contribution is -2.55. The normalized spacial score (nSPS) is 20.8. The number of rotatable bonds is 3. The molecule has 3 amide bonds. The summed E-state index contributed by atoms with van der Waals surface area (Å²) in [5, 5.41) is 6.72. The maximum absolute atomic E-state index is 13.6. The van der Waals surface area contributed by atoms with Gasteiger partial charge in [0.2, 0.25) is 11.8 Å². The Morgan fingerprint density at radius 1 is 1.13 bits per heavy atom. The Balaban J connectivity index is 0.00000420. The highest BCUT2D eigenvalue weighted by molar-refractivity contribution is 6.30. The van der Waals surface area contributed by atoms with Gasteiger partial charge < -0.3 is 26.0 Å². The molecule has 0 bridgehead atoms. The average molecular weight is 578 g/mol. The van der Waals surface area contributed by atoms with Crippen LogP contribution in [-0.4, -0.2) is 60.9 Å². The topological polar surface area (TPSA) is 114 Å². The molecule has 39 heavy (non-hydrogen) atoms. The highest BCUT2D eigenvalue weighted by Gasteiger charge is 2.42. The Hall–Kier alpha value is -2.81. The van der Waals surface area contributed by atoms with Crippen LogP contribution in [0.15, 0.2) is 48.5 Å². The highest BCUT2D eigenvalue weighted by Crippen LogP contribution is 2.37. The Morgan fingerprint density at radius 2 is 1.87 bits per heavy atom. The van der Waals surface area contributed by atoms with Crippen molar-refractivity contribution in [1.82, 2.24) is 15.5 Å². The zero-order valence-corrected chi connectivity index (χ0v) is 23.9. The summed E-state index contributed by atoms with van der Waals surface area (Å²) >= 11 is 6.07. The third kappa shape index (κ3) is 7.87. The third-order valence-corrected chi connectivity index (χ3v) is 7.78. The summed E-state index contributed by atoms with van der Waals surface area (Å²) in [5.74, 6) is 0.228. The number of carbonyl (C=O) groups is 3. The molecular formula is C29H38Cl2N4O4. The minimum Gasteiger partial charge on any atom is -0.491 e. The molecule has 0 aliphatic carbocycles. The van der Waals surface area contributed by atoms with Gasteiger partial charge in [0.15, 0.2) is 0 Å². The van der Waals surface area contributed by atoms with Crippen LogP contribution in [0.3, 0.4) is 0 Å². The number of nitrogens with zero attached hydrogens (tertiary/aromatic N) is 1. The van der Waals surface area contributed by atoms with E-state index >= 15 is 0 Å². The largest absolute Gasteiger partial charge is 0.491 e. The number of amides is 3. The van der Waals surface area contributed by atoms with Crippen LogP contribution < -0.4 is 21.1 Å². The van der Waals surface area contributed by atoms with Crippen molar-refractivity contribution in [3.8, 4) is 5.75 Å². The standard InChI is InChI=1S/C29H37ClN4O4.ClH/c1-20-19-38-25-10-3-2-9-23(25)26(35)32-14-5-4-11-29(28(37)33-20)12-15-34(16-13-29)27(36)24(31)18-21-7-6-8-22(30)17-21;/h2-3,6-10,17,20,24H,4-5,11-16,18-19,31H2,1H3,(H,32,35)(H,33,37);1H/t20-,24+;/m1./s1. The minimum absolute atomic E-state index is 0. The predicted octanol–water partition coefficient (Wildman–Crippen LogP) is 3.74. The number of piperidine rings is 1. The second-order valence-electron chi connectivity index (χ2n) is 10.4. The van der Waals surface area contributed by atoms with Crippen LogP contribution in [0.1, 0.15) is 54.9 Å². The van der Waals surface area contributed by atoms with Crippen LogP contribution in [0.4, 0.5) is 0 Å². The molecule has 8 nitrogen and oxygen atoms in total. The lowest BCUT2D eigenvalue weighted by Gasteiger charge is -2.42. The van der Waals surface area contributed by atoms with E-state index in [1.165, 1.54) is 0 Å². The summed E-state index contributed by atoms with van der Waals surface area (Å²) in [6.07, 6.45) is 3.78. The Kier molecular flexibility index (Phi) is 11.0. The van der Waals surface area contributed by atoms with Gasteiger partial charge in [-0.25, -0.2) is 0 Å². The van der Waals surface area contributed by atoms with Gasteiger partial charge in [-0.2, -0.15) is 0 Å². The number of fused-ring (bicyclic) bond motifs is 1. The molecule has 212 valence electrons. The van der Waals surface area contributed by atoms with Crippen LogP contribution in [0.25, 0.3) is 0 Å². The average Bonchev–Trinajstić information content (AvgIpc) is 2.91. The van der Waals surface area contributed by atoms with Gasteiger partial charge in [0, 0.05) is 24.7 Å². The lowest BCUT2D eigenvalue weighted by atomic mass is 9.73. The molecule has 4 rings (SSSR count). The fraction of sp³-hybridized carbons (Fsp3) is 0.483. The van der Waals surface area contributed by atoms with Crippen molar-refractivity contribution in [2.24, 2.45) is 11.1 Å². The lowest BCUT2D eigenvalue weighted by molar-refractivity contribution is -0.142. The van der Waals surface area contributed by atoms with Gasteiger partial charge in [-0.05, 0) is 68.9 Å². The van der Waals surface area contributed by atoms with E-state index in [0.29, 0.717) is 61.7 Å². The van der Waals surface area contributed by atoms with E-state index < -0.39 is 11.5 Å². The zero-order chi connectivity index (χ0) is 27.1. The number of para-hydroxylation sites is 1. The van der Waals surface area contributed by atoms with Crippen LogP contribution in [0.5, 0.6) is 5.75 Å². The van der Waals surface area contributed by atoms with E-state index in [2.05, 4.69) is 10.6 Å². The summed E-state index contributed by atoms with van der Waals surface area (Å²) < 4.78 is 5.92. The van der Waals surface area contributed by atoms with Crippen molar-refractivity contribution in [1.29, 1.82) is 0 Å². The molecule has 0 unspecified atom stereocenters. The number of ether oxygens (including phenoxy) is 1. The zero-order valence-electron chi connectivity index (χ0n) is 22.3. The fourth-order valence-corrected chi connectivity index (χ4v) is 5.50. The molecule has 1 spiro atoms. The minimum atomic E-state index is -0.663. The fourth-order valence-electron chi connectivity index (χ4n) is 5.28. The number of carbonyl (C=O) groups excluding carboxylic acids is 3.